The summed E-state index contributed by atoms with van der Waals surface area (Å²) >= 11 is 2.19. The average Bonchev–Trinajstić information content (AvgIpc) is 2.85. The Hall–Kier alpha value is -1.45. The molecule has 7 atom stereocenters. The van der Waals surface area contributed by atoms with E-state index in [1.54, 1.807) is 27.8 Å². The van der Waals surface area contributed by atoms with Crippen molar-refractivity contribution in [1.82, 2.24) is 0 Å². The van der Waals surface area contributed by atoms with E-state index in [2.05, 4.69) is 36.0 Å². The van der Waals surface area contributed by atoms with Gasteiger partial charge in [-0.05, 0) is 67.2 Å². The molecule has 31 heavy (non-hydrogen) atoms. The number of ether oxygens (including phenoxy) is 1. The van der Waals surface area contributed by atoms with Crippen LogP contribution in [-0.4, -0.2) is 23.7 Å². The van der Waals surface area contributed by atoms with Gasteiger partial charge in [0, 0.05) is 41.0 Å². The van der Waals surface area contributed by atoms with Crippen molar-refractivity contribution in [3.05, 3.63) is 69.0 Å². The molecule has 2 N–H and O–H groups in total. The largest absolute Gasteiger partial charge is 0.401 e. The van der Waals surface area contributed by atoms with Crippen LogP contribution in [0.2, 0.25) is 0 Å². The Kier molecular flexibility index (Phi) is 3.68. The highest BCUT2D eigenvalue weighted by Crippen LogP contribution is 2.63. The van der Waals surface area contributed by atoms with Gasteiger partial charge in [-0.3, -0.25) is 0 Å². The molecule has 1 fully saturated rings. The normalized spacial score (nSPS) is 42.1. The fourth-order valence-electron chi connectivity index (χ4n) is 8.75. The fraction of sp³-hybridized carbons (Fsp3) is 0.571. The molecule has 6 bridgehead atoms. The summed E-state index contributed by atoms with van der Waals surface area (Å²) in [6.45, 7) is 0.944. The molecule has 6 aliphatic carbocycles. The summed E-state index contributed by atoms with van der Waals surface area (Å²) in [6, 6.07) is 9.36. The van der Waals surface area contributed by atoms with Crippen molar-refractivity contribution in [2.24, 2.45) is 23.5 Å². The van der Waals surface area contributed by atoms with Crippen LogP contribution in [-0.2, 0) is 4.74 Å². The molecule has 0 radical (unpaired) electrons. The van der Waals surface area contributed by atoms with Gasteiger partial charge in [-0.2, -0.15) is 0 Å². The van der Waals surface area contributed by atoms with Crippen molar-refractivity contribution in [3.63, 3.8) is 0 Å². The first-order valence-electron chi connectivity index (χ1n) is 12.6. The van der Waals surface area contributed by atoms with Crippen LogP contribution in [0.3, 0.4) is 0 Å². The third kappa shape index (κ3) is 2.20. The van der Waals surface area contributed by atoms with E-state index in [1.807, 2.05) is 11.1 Å². The van der Waals surface area contributed by atoms with Gasteiger partial charge in [-0.1, -0.05) is 41.0 Å². The molecule has 7 unspecified atom stereocenters. The van der Waals surface area contributed by atoms with E-state index in [1.165, 1.54) is 56.4 Å². The van der Waals surface area contributed by atoms with E-state index in [4.69, 9.17) is 10.5 Å². The summed E-state index contributed by atoms with van der Waals surface area (Å²) in [5, 5.41) is 0.501. The van der Waals surface area contributed by atoms with Gasteiger partial charge in [0.25, 0.3) is 0 Å². The van der Waals surface area contributed by atoms with E-state index in [0.717, 1.165) is 6.61 Å². The van der Waals surface area contributed by atoms with Crippen molar-refractivity contribution in [2.45, 2.75) is 68.1 Å². The number of nitrogens with two attached hydrogens (primary N) is 1. The Morgan fingerprint density at radius 2 is 1.65 bits per heavy atom. The molecule has 1 aromatic carbocycles. The summed E-state index contributed by atoms with van der Waals surface area (Å²) in [5.41, 5.74) is 20.4. The molecule has 0 aromatic heterocycles. The van der Waals surface area contributed by atoms with Gasteiger partial charge in [0.2, 0.25) is 0 Å². The predicted octanol–water partition coefficient (Wildman–Crippen LogP) is 5.82. The van der Waals surface area contributed by atoms with Gasteiger partial charge in [0.05, 0.1) is 18.0 Å². The predicted molar refractivity (Wildman–Crippen MR) is 126 cm³/mol. The topological polar surface area (TPSA) is 35.2 Å². The zero-order valence-electron chi connectivity index (χ0n) is 18.1. The maximum atomic E-state index is 7.12. The van der Waals surface area contributed by atoms with Crippen LogP contribution in [0.4, 0.5) is 0 Å². The zero-order valence-corrected chi connectivity index (χ0v) is 18.9. The molecule has 0 saturated carbocycles. The Bertz CT molecular complexity index is 1090. The average molecular weight is 430 g/mol. The van der Waals surface area contributed by atoms with Crippen molar-refractivity contribution in [3.8, 4) is 0 Å². The Morgan fingerprint density at radius 3 is 2.48 bits per heavy atom. The minimum atomic E-state index is 0.379. The molecule has 3 heteroatoms. The minimum absolute atomic E-state index is 0.379. The SMILES string of the molecule is NC1=C(C2CCCC3=C2C2CCC3c3ccccc32)C2SCC1C1=C2C2CCC1CO2. The highest BCUT2D eigenvalue weighted by atomic mass is 32.2. The summed E-state index contributed by atoms with van der Waals surface area (Å²) in [7, 11) is 0. The molecule has 11 rings (SSSR count). The van der Waals surface area contributed by atoms with Gasteiger partial charge in [0.15, 0.2) is 0 Å². The molecular weight excluding hydrogens is 398 g/mol. The summed E-state index contributed by atoms with van der Waals surface area (Å²) in [6.07, 6.45) is 9.59. The second-order valence-electron chi connectivity index (χ2n) is 10.9. The molecule has 160 valence electrons. The molecule has 1 aromatic rings. The molecule has 0 spiro atoms. The van der Waals surface area contributed by atoms with Gasteiger partial charge in [-0.25, -0.2) is 0 Å². The van der Waals surface area contributed by atoms with E-state index < -0.39 is 0 Å². The first-order valence-corrected chi connectivity index (χ1v) is 13.6. The van der Waals surface area contributed by atoms with Crippen molar-refractivity contribution in [1.29, 1.82) is 0 Å². The van der Waals surface area contributed by atoms with Crippen LogP contribution >= 0.6 is 11.8 Å². The van der Waals surface area contributed by atoms with E-state index >= 15 is 0 Å². The second kappa shape index (κ2) is 6.32. The Labute approximate surface area is 189 Å². The molecule has 0 amide bonds. The van der Waals surface area contributed by atoms with E-state index in [9.17, 15) is 0 Å². The van der Waals surface area contributed by atoms with Gasteiger partial charge in [0.1, 0.15) is 0 Å². The van der Waals surface area contributed by atoms with Crippen LogP contribution < -0.4 is 5.73 Å². The highest BCUT2D eigenvalue weighted by molar-refractivity contribution is 8.00. The maximum absolute atomic E-state index is 7.12. The van der Waals surface area contributed by atoms with Gasteiger partial charge < -0.3 is 10.5 Å². The first-order chi connectivity index (χ1) is 15.3. The molecule has 4 aliphatic heterocycles. The number of allylic oxidation sites excluding steroid dienone is 3. The van der Waals surface area contributed by atoms with Crippen LogP contribution in [0.15, 0.2) is 57.8 Å². The van der Waals surface area contributed by atoms with E-state index in [0.29, 0.717) is 40.9 Å². The Balaban J connectivity index is 1.27. The van der Waals surface area contributed by atoms with Gasteiger partial charge in [-0.15, -0.1) is 11.8 Å². The lowest BCUT2D eigenvalue weighted by atomic mass is 9.56. The molecule has 4 heterocycles. The summed E-state index contributed by atoms with van der Waals surface area (Å²) < 4.78 is 6.33. The lowest BCUT2D eigenvalue weighted by Gasteiger charge is -2.55. The lowest BCUT2D eigenvalue weighted by Crippen LogP contribution is -2.50. The van der Waals surface area contributed by atoms with Gasteiger partial charge >= 0.3 is 0 Å². The number of benzene rings is 1. The van der Waals surface area contributed by atoms with E-state index in [-0.39, 0.29) is 0 Å². The van der Waals surface area contributed by atoms with Crippen LogP contribution in [0, 0.1) is 17.8 Å². The molecule has 10 aliphatic rings. The fourth-order valence-corrected chi connectivity index (χ4v) is 10.4. The van der Waals surface area contributed by atoms with Crippen molar-refractivity contribution >= 4 is 11.8 Å². The smallest absolute Gasteiger partial charge is 0.0802 e. The third-order valence-corrected chi connectivity index (χ3v) is 11.2. The van der Waals surface area contributed by atoms with Crippen LogP contribution in [0.5, 0.6) is 0 Å². The lowest BCUT2D eigenvalue weighted by molar-refractivity contribution is -0.00849. The summed E-state index contributed by atoms with van der Waals surface area (Å²) in [4.78, 5) is 0. The number of hydrogen-bond acceptors (Lipinski definition) is 3. The molecular formula is C28H31NOS. The maximum Gasteiger partial charge on any atom is 0.0802 e. The number of thioether (sulfide) groups is 1. The number of hydrogen-bond donors (Lipinski definition) is 1. The van der Waals surface area contributed by atoms with Crippen molar-refractivity contribution in [2.75, 3.05) is 12.4 Å². The van der Waals surface area contributed by atoms with Crippen LogP contribution in [0.25, 0.3) is 0 Å². The first kappa shape index (κ1) is 18.0. The second-order valence-corrected chi connectivity index (χ2v) is 12.1. The quantitative estimate of drug-likeness (QED) is 0.571. The minimum Gasteiger partial charge on any atom is -0.401 e. The standard InChI is InChI=1S/C28H31NOS/c29-27-21-13-31-28(26-22-11-8-14(12-30-22)23(21)26)25(27)20-7-3-6-18-17-9-10-19(24(18)20)16-5-2-1-4-15(16)17/h1-2,4-5,14,17,19-22,28H,3,6-13,29H2. The highest BCUT2D eigenvalue weighted by Gasteiger charge is 2.53. The monoisotopic (exact) mass is 429 g/mol. The zero-order chi connectivity index (χ0) is 20.3. The Morgan fingerprint density at radius 1 is 0.806 bits per heavy atom. The number of rotatable bonds is 1. The molecule has 2 nitrogen and oxygen atoms in total. The number of fused-ring (bicyclic) bond motifs is 4. The summed E-state index contributed by atoms with van der Waals surface area (Å²) in [5.74, 6) is 4.25. The molecule has 1 saturated heterocycles. The third-order valence-electron chi connectivity index (χ3n) is 9.82. The van der Waals surface area contributed by atoms with Crippen LogP contribution in [0.1, 0.15) is 67.9 Å². The van der Waals surface area contributed by atoms with Crippen molar-refractivity contribution < 1.29 is 4.74 Å².